The first-order valence-electron chi connectivity index (χ1n) is 9.45. The van der Waals surface area contributed by atoms with Crippen LogP contribution < -0.4 is 0 Å². The van der Waals surface area contributed by atoms with Crippen LogP contribution in [-0.4, -0.2) is 17.0 Å². The van der Waals surface area contributed by atoms with Crippen LogP contribution >= 0.6 is 0 Å². The van der Waals surface area contributed by atoms with Gasteiger partial charge in [-0.1, -0.05) is 27.7 Å². The van der Waals surface area contributed by atoms with E-state index in [2.05, 4.69) is 34.6 Å². The van der Waals surface area contributed by atoms with Crippen molar-refractivity contribution in [3.8, 4) is 0 Å². The summed E-state index contributed by atoms with van der Waals surface area (Å²) in [5, 5.41) is 0. The molecule has 1 spiro atoms. The van der Waals surface area contributed by atoms with Crippen LogP contribution in [0.2, 0.25) is 0 Å². The van der Waals surface area contributed by atoms with Crippen molar-refractivity contribution in [2.24, 2.45) is 35.0 Å². The van der Waals surface area contributed by atoms with Crippen molar-refractivity contribution in [2.75, 3.05) is 0 Å². The fraction of sp³-hybridized carbons (Fsp3) is 0.950. The van der Waals surface area contributed by atoms with Crippen LogP contribution in [0.25, 0.3) is 0 Å². The minimum Gasteiger partial charge on any atom is -0.362 e. The van der Waals surface area contributed by atoms with Crippen molar-refractivity contribution in [1.82, 2.24) is 0 Å². The number of carbonyl (C=O) groups excluding carboxylic acids is 1. The molecule has 3 saturated carbocycles. The molecule has 0 radical (unpaired) electrons. The molecule has 1 heterocycles. The van der Waals surface area contributed by atoms with Crippen LogP contribution in [0.1, 0.15) is 73.1 Å². The standard InChI is InChI=1S/C20H32O2/c1-12(2)14-8-9-18(4)11-20-17(13(3)6-7-15(14)18)16(21)10-19(20,5)22-20/h12-15,17H,6-11H2,1-5H3/t13-,14+,15-,17-,18+,19+,20-/m0/s1. The van der Waals surface area contributed by atoms with Crippen LogP contribution in [0.15, 0.2) is 0 Å². The zero-order valence-corrected chi connectivity index (χ0v) is 14.9. The van der Waals surface area contributed by atoms with Gasteiger partial charge in [-0.3, -0.25) is 4.79 Å². The highest BCUT2D eigenvalue weighted by molar-refractivity contribution is 5.89. The number of ketones is 1. The van der Waals surface area contributed by atoms with Gasteiger partial charge < -0.3 is 4.74 Å². The summed E-state index contributed by atoms with van der Waals surface area (Å²) in [6, 6.07) is 0. The second-order valence-corrected chi connectivity index (χ2v) is 9.78. The predicted octanol–water partition coefficient (Wildman–Crippen LogP) is 4.61. The minimum atomic E-state index is -0.135. The van der Waals surface area contributed by atoms with Crippen molar-refractivity contribution in [3.63, 3.8) is 0 Å². The van der Waals surface area contributed by atoms with E-state index < -0.39 is 0 Å². The Kier molecular flexibility index (Phi) is 3.02. The van der Waals surface area contributed by atoms with Gasteiger partial charge in [-0.25, -0.2) is 0 Å². The van der Waals surface area contributed by atoms with E-state index in [4.69, 9.17) is 4.74 Å². The van der Waals surface area contributed by atoms with E-state index in [0.717, 1.165) is 24.2 Å². The lowest BCUT2D eigenvalue weighted by molar-refractivity contribution is -0.128. The molecule has 0 aromatic carbocycles. The van der Waals surface area contributed by atoms with Gasteiger partial charge in [0.15, 0.2) is 0 Å². The first-order chi connectivity index (χ1) is 10.2. The van der Waals surface area contributed by atoms with Gasteiger partial charge in [0.05, 0.1) is 5.92 Å². The molecule has 0 unspecified atom stereocenters. The van der Waals surface area contributed by atoms with E-state index >= 15 is 0 Å². The Morgan fingerprint density at radius 3 is 2.59 bits per heavy atom. The van der Waals surface area contributed by atoms with Gasteiger partial charge in [-0.05, 0) is 68.1 Å². The molecule has 0 bridgehead atoms. The topological polar surface area (TPSA) is 29.6 Å². The third kappa shape index (κ3) is 1.74. The molecule has 1 saturated heterocycles. The molecule has 2 nitrogen and oxygen atoms in total. The molecule has 2 heteroatoms. The van der Waals surface area contributed by atoms with Gasteiger partial charge >= 0.3 is 0 Å². The van der Waals surface area contributed by atoms with Gasteiger partial charge in [-0.15, -0.1) is 0 Å². The molecule has 0 amide bonds. The molecule has 124 valence electrons. The lowest BCUT2D eigenvalue weighted by Crippen LogP contribution is -2.42. The third-order valence-corrected chi connectivity index (χ3v) is 8.11. The Morgan fingerprint density at radius 1 is 1.18 bits per heavy atom. The van der Waals surface area contributed by atoms with Crippen molar-refractivity contribution >= 4 is 5.78 Å². The zero-order valence-electron chi connectivity index (χ0n) is 14.9. The summed E-state index contributed by atoms with van der Waals surface area (Å²) in [5.41, 5.74) is 0.141. The molecule has 4 rings (SSSR count). The van der Waals surface area contributed by atoms with Crippen molar-refractivity contribution in [3.05, 3.63) is 0 Å². The lowest BCUT2D eigenvalue weighted by atomic mass is 9.61. The second kappa shape index (κ2) is 4.37. The van der Waals surface area contributed by atoms with E-state index in [0.29, 0.717) is 23.5 Å². The molecule has 4 fully saturated rings. The third-order valence-electron chi connectivity index (χ3n) is 8.11. The summed E-state index contributed by atoms with van der Waals surface area (Å²) in [6.45, 7) is 11.8. The molecular weight excluding hydrogens is 272 g/mol. The SMILES string of the molecule is CC(C)[C@H]1CC[C@]2(C)C[C@@]34O[C@]3(C)CC(=O)[C@@H]4[C@@H](C)CC[C@@H]12. The molecule has 0 N–H and O–H groups in total. The fourth-order valence-corrected chi connectivity index (χ4v) is 6.96. The number of Topliss-reactive ketones (excluding diaryl/α,β-unsaturated/α-hetero) is 1. The number of ether oxygens (including phenoxy) is 1. The average molecular weight is 304 g/mol. The predicted molar refractivity (Wildman–Crippen MR) is 87.5 cm³/mol. The molecule has 22 heavy (non-hydrogen) atoms. The average Bonchev–Trinajstić information content (AvgIpc) is 2.69. The fourth-order valence-electron chi connectivity index (χ4n) is 6.96. The number of hydrogen-bond acceptors (Lipinski definition) is 2. The monoisotopic (exact) mass is 304 g/mol. The van der Waals surface area contributed by atoms with Gasteiger partial charge in [0.1, 0.15) is 17.0 Å². The highest BCUT2D eigenvalue weighted by Crippen LogP contribution is 2.70. The molecule has 7 atom stereocenters. The molecule has 3 aliphatic carbocycles. The van der Waals surface area contributed by atoms with Gasteiger partial charge in [0, 0.05) is 6.42 Å². The first kappa shape index (κ1) is 15.2. The van der Waals surface area contributed by atoms with Crippen molar-refractivity contribution in [1.29, 1.82) is 0 Å². The van der Waals surface area contributed by atoms with E-state index in [9.17, 15) is 4.79 Å². The maximum atomic E-state index is 12.6. The van der Waals surface area contributed by atoms with Crippen LogP contribution in [-0.2, 0) is 9.53 Å². The summed E-state index contributed by atoms with van der Waals surface area (Å²) in [7, 11) is 0. The first-order valence-corrected chi connectivity index (χ1v) is 9.45. The molecular formula is C20H32O2. The van der Waals surface area contributed by atoms with E-state index in [1.54, 1.807) is 0 Å². The second-order valence-electron chi connectivity index (χ2n) is 9.78. The maximum absolute atomic E-state index is 12.6. The molecule has 4 aliphatic rings. The maximum Gasteiger partial charge on any atom is 0.142 e. The Labute approximate surface area is 135 Å². The number of epoxide rings is 1. The molecule has 1 aliphatic heterocycles. The quantitative estimate of drug-likeness (QED) is 0.662. The summed E-state index contributed by atoms with van der Waals surface area (Å²) < 4.78 is 6.36. The minimum absolute atomic E-state index is 0.108. The highest BCUT2D eigenvalue weighted by Gasteiger charge is 2.79. The number of fused-ring (bicyclic) bond motifs is 1. The van der Waals surface area contributed by atoms with Crippen LogP contribution in [0, 0.1) is 35.0 Å². The van der Waals surface area contributed by atoms with Gasteiger partial charge in [-0.2, -0.15) is 0 Å². The number of hydrogen-bond donors (Lipinski definition) is 0. The van der Waals surface area contributed by atoms with Crippen molar-refractivity contribution < 1.29 is 9.53 Å². The van der Waals surface area contributed by atoms with Gasteiger partial charge in [0.2, 0.25) is 0 Å². The van der Waals surface area contributed by atoms with E-state index in [1.165, 1.54) is 25.7 Å². The Balaban J connectivity index is 1.71. The van der Waals surface area contributed by atoms with E-state index in [1.807, 2.05) is 0 Å². The summed E-state index contributed by atoms with van der Waals surface area (Å²) >= 11 is 0. The van der Waals surface area contributed by atoms with Crippen LogP contribution in [0.5, 0.6) is 0 Å². The van der Waals surface area contributed by atoms with E-state index in [-0.39, 0.29) is 17.1 Å². The zero-order chi connectivity index (χ0) is 15.9. The smallest absolute Gasteiger partial charge is 0.142 e. The number of rotatable bonds is 1. The Morgan fingerprint density at radius 2 is 1.91 bits per heavy atom. The highest BCUT2D eigenvalue weighted by atomic mass is 16.6. The Bertz CT molecular complexity index is 512. The van der Waals surface area contributed by atoms with Crippen LogP contribution in [0.4, 0.5) is 0 Å². The molecule has 0 aromatic rings. The van der Waals surface area contributed by atoms with Crippen LogP contribution in [0.3, 0.4) is 0 Å². The van der Waals surface area contributed by atoms with Crippen molar-refractivity contribution in [2.45, 2.75) is 84.3 Å². The summed E-state index contributed by atoms with van der Waals surface area (Å²) in [4.78, 5) is 12.6. The normalized spacial score (nSPS) is 57.1. The summed E-state index contributed by atoms with van der Waals surface area (Å²) in [5.74, 6) is 3.64. The Hall–Kier alpha value is -0.370. The van der Waals surface area contributed by atoms with Gasteiger partial charge in [0.25, 0.3) is 0 Å². The lowest BCUT2D eigenvalue weighted by Gasteiger charge is -2.42. The largest absolute Gasteiger partial charge is 0.362 e. The summed E-state index contributed by atoms with van der Waals surface area (Å²) in [6.07, 6.45) is 7.02. The number of carbonyl (C=O) groups is 1. The molecule has 0 aromatic heterocycles.